The van der Waals surface area contributed by atoms with Crippen molar-refractivity contribution in [3.63, 3.8) is 0 Å². The molecule has 1 saturated heterocycles. The minimum atomic E-state index is 0.575. The molecule has 70 valence electrons. The van der Waals surface area contributed by atoms with Gasteiger partial charge < -0.3 is 4.90 Å². The molecule has 1 aromatic rings. The SMILES string of the molecule is Clc1cccnc1N1CCC(Br)C1. The van der Waals surface area contributed by atoms with E-state index < -0.39 is 0 Å². The number of anilines is 1. The van der Waals surface area contributed by atoms with Crippen LogP contribution in [0, 0.1) is 0 Å². The van der Waals surface area contributed by atoms with Gasteiger partial charge in [0.2, 0.25) is 0 Å². The van der Waals surface area contributed by atoms with Crippen LogP contribution in [-0.2, 0) is 0 Å². The fraction of sp³-hybridized carbons (Fsp3) is 0.444. The van der Waals surface area contributed by atoms with Crippen LogP contribution in [0.4, 0.5) is 5.82 Å². The summed E-state index contributed by atoms with van der Waals surface area (Å²) in [7, 11) is 0. The number of halogens is 2. The second-order valence-corrected chi connectivity index (χ2v) is 4.84. The van der Waals surface area contributed by atoms with Gasteiger partial charge in [0, 0.05) is 24.1 Å². The third kappa shape index (κ3) is 1.97. The predicted molar refractivity (Wildman–Crippen MR) is 58.8 cm³/mol. The van der Waals surface area contributed by atoms with Crippen LogP contribution in [0.1, 0.15) is 6.42 Å². The highest BCUT2D eigenvalue weighted by atomic mass is 79.9. The summed E-state index contributed by atoms with van der Waals surface area (Å²) >= 11 is 9.62. The van der Waals surface area contributed by atoms with Crippen molar-refractivity contribution < 1.29 is 0 Å². The van der Waals surface area contributed by atoms with E-state index in [9.17, 15) is 0 Å². The van der Waals surface area contributed by atoms with Crippen molar-refractivity contribution in [2.24, 2.45) is 0 Å². The minimum absolute atomic E-state index is 0.575. The fourth-order valence-electron chi connectivity index (χ4n) is 1.52. The lowest BCUT2D eigenvalue weighted by atomic mass is 10.4. The first-order valence-electron chi connectivity index (χ1n) is 4.27. The number of pyridine rings is 1. The van der Waals surface area contributed by atoms with Gasteiger partial charge in [-0.15, -0.1) is 0 Å². The van der Waals surface area contributed by atoms with Crippen molar-refractivity contribution in [3.05, 3.63) is 23.4 Å². The highest BCUT2D eigenvalue weighted by Gasteiger charge is 2.22. The maximum absolute atomic E-state index is 6.03. The summed E-state index contributed by atoms with van der Waals surface area (Å²) in [5, 5.41) is 0.740. The van der Waals surface area contributed by atoms with Crippen LogP contribution in [0.25, 0.3) is 0 Å². The van der Waals surface area contributed by atoms with Crippen molar-refractivity contribution in [2.45, 2.75) is 11.2 Å². The summed E-state index contributed by atoms with van der Waals surface area (Å²) in [5.41, 5.74) is 0. The van der Waals surface area contributed by atoms with Crippen molar-refractivity contribution >= 4 is 33.3 Å². The first kappa shape index (κ1) is 9.28. The Bertz CT molecular complexity index is 305. The number of rotatable bonds is 1. The van der Waals surface area contributed by atoms with E-state index in [1.165, 1.54) is 0 Å². The molecule has 2 rings (SSSR count). The number of hydrogen-bond acceptors (Lipinski definition) is 2. The normalized spacial score (nSPS) is 22.3. The largest absolute Gasteiger partial charge is 0.354 e. The highest BCUT2D eigenvalue weighted by molar-refractivity contribution is 9.09. The van der Waals surface area contributed by atoms with E-state index >= 15 is 0 Å². The van der Waals surface area contributed by atoms with Crippen LogP contribution in [0.3, 0.4) is 0 Å². The molecule has 2 heterocycles. The molecule has 0 amide bonds. The number of alkyl halides is 1. The molecular weight excluding hydrogens is 251 g/mol. The molecule has 1 fully saturated rings. The zero-order valence-corrected chi connectivity index (χ0v) is 9.42. The monoisotopic (exact) mass is 260 g/mol. The Morgan fingerprint density at radius 3 is 3.08 bits per heavy atom. The standard InChI is InChI=1S/C9H10BrClN2/c10-7-3-5-13(6-7)9-8(11)2-1-4-12-9/h1-2,4,7H,3,5-6H2. The smallest absolute Gasteiger partial charge is 0.147 e. The van der Waals surface area contributed by atoms with E-state index in [-0.39, 0.29) is 0 Å². The topological polar surface area (TPSA) is 16.1 Å². The van der Waals surface area contributed by atoms with Gasteiger partial charge in [-0.25, -0.2) is 4.98 Å². The van der Waals surface area contributed by atoms with Crippen LogP contribution in [-0.4, -0.2) is 22.9 Å². The number of aromatic nitrogens is 1. The van der Waals surface area contributed by atoms with Crippen molar-refractivity contribution in [1.29, 1.82) is 0 Å². The van der Waals surface area contributed by atoms with E-state index in [4.69, 9.17) is 11.6 Å². The third-order valence-corrected chi connectivity index (χ3v) is 3.21. The predicted octanol–water partition coefficient (Wildman–Crippen LogP) is 2.71. The van der Waals surface area contributed by atoms with Crippen LogP contribution in [0.5, 0.6) is 0 Å². The molecule has 0 N–H and O–H groups in total. The Balaban J connectivity index is 2.21. The Hall–Kier alpha value is -0.280. The molecule has 1 aliphatic heterocycles. The lowest BCUT2D eigenvalue weighted by Gasteiger charge is -2.17. The lowest BCUT2D eigenvalue weighted by Crippen LogP contribution is -2.20. The zero-order valence-electron chi connectivity index (χ0n) is 7.08. The van der Waals surface area contributed by atoms with Crippen molar-refractivity contribution in [1.82, 2.24) is 4.98 Å². The average molecular weight is 262 g/mol. The molecule has 1 aliphatic rings. The summed E-state index contributed by atoms with van der Waals surface area (Å²) in [4.78, 5) is 7.05. The Morgan fingerprint density at radius 2 is 2.46 bits per heavy atom. The molecule has 1 aromatic heterocycles. The maximum atomic E-state index is 6.03. The quantitative estimate of drug-likeness (QED) is 0.723. The lowest BCUT2D eigenvalue weighted by molar-refractivity contribution is 0.938. The molecule has 1 atom stereocenters. The van der Waals surface area contributed by atoms with Crippen LogP contribution in [0.2, 0.25) is 5.02 Å². The third-order valence-electron chi connectivity index (χ3n) is 2.17. The van der Waals surface area contributed by atoms with Gasteiger partial charge in [-0.2, -0.15) is 0 Å². The molecule has 0 aliphatic carbocycles. The molecule has 0 spiro atoms. The molecule has 0 aromatic carbocycles. The van der Waals surface area contributed by atoms with Crippen molar-refractivity contribution in [3.8, 4) is 0 Å². The fourth-order valence-corrected chi connectivity index (χ4v) is 2.32. The van der Waals surface area contributed by atoms with Gasteiger partial charge in [-0.05, 0) is 18.6 Å². The van der Waals surface area contributed by atoms with Gasteiger partial charge in [0.25, 0.3) is 0 Å². The first-order chi connectivity index (χ1) is 6.27. The van der Waals surface area contributed by atoms with Gasteiger partial charge in [0.05, 0.1) is 5.02 Å². The summed E-state index contributed by atoms with van der Waals surface area (Å²) in [6.45, 7) is 2.03. The summed E-state index contributed by atoms with van der Waals surface area (Å²) in [6.07, 6.45) is 2.94. The van der Waals surface area contributed by atoms with E-state index in [2.05, 4.69) is 25.8 Å². The Kier molecular flexibility index (Phi) is 2.74. The Labute approximate surface area is 91.0 Å². The first-order valence-corrected chi connectivity index (χ1v) is 5.56. The van der Waals surface area contributed by atoms with Gasteiger partial charge in [-0.3, -0.25) is 0 Å². The number of hydrogen-bond donors (Lipinski definition) is 0. The molecule has 2 nitrogen and oxygen atoms in total. The molecule has 0 bridgehead atoms. The Morgan fingerprint density at radius 1 is 1.62 bits per heavy atom. The van der Waals surface area contributed by atoms with Gasteiger partial charge in [0.15, 0.2) is 0 Å². The molecule has 1 unspecified atom stereocenters. The second kappa shape index (κ2) is 3.84. The highest BCUT2D eigenvalue weighted by Crippen LogP contribution is 2.27. The maximum Gasteiger partial charge on any atom is 0.147 e. The van der Waals surface area contributed by atoms with Crippen molar-refractivity contribution in [2.75, 3.05) is 18.0 Å². The van der Waals surface area contributed by atoms with Gasteiger partial charge in [-0.1, -0.05) is 27.5 Å². The zero-order chi connectivity index (χ0) is 9.26. The number of nitrogens with zero attached hydrogens (tertiary/aromatic N) is 2. The molecule has 13 heavy (non-hydrogen) atoms. The minimum Gasteiger partial charge on any atom is -0.354 e. The van der Waals surface area contributed by atoms with E-state index in [1.807, 2.05) is 12.1 Å². The molecule has 0 saturated carbocycles. The second-order valence-electron chi connectivity index (χ2n) is 3.14. The van der Waals surface area contributed by atoms with Crippen LogP contribution < -0.4 is 4.90 Å². The van der Waals surface area contributed by atoms with E-state index in [0.717, 1.165) is 30.4 Å². The van der Waals surface area contributed by atoms with Crippen LogP contribution in [0.15, 0.2) is 18.3 Å². The molecule has 0 radical (unpaired) electrons. The van der Waals surface area contributed by atoms with E-state index in [0.29, 0.717) is 4.83 Å². The summed E-state index contributed by atoms with van der Waals surface area (Å²) in [6, 6.07) is 3.74. The van der Waals surface area contributed by atoms with E-state index in [1.54, 1.807) is 6.20 Å². The molecular formula is C9H10BrClN2. The van der Waals surface area contributed by atoms with Gasteiger partial charge >= 0.3 is 0 Å². The average Bonchev–Trinajstić information content (AvgIpc) is 2.53. The van der Waals surface area contributed by atoms with Crippen LogP contribution >= 0.6 is 27.5 Å². The molecule has 4 heteroatoms. The van der Waals surface area contributed by atoms with Gasteiger partial charge in [0.1, 0.15) is 5.82 Å². The summed E-state index contributed by atoms with van der Waals surface area (Å²) in [5.74, 6) is 0.908. The summed E-state index contributed by atoms with van der Waals surface area (Å²) < 4.78 is 0.